The normalized spacial score (nSPS) is 10.7. The van der Waals surface area contributed by atoms with Gasteiger partial charge in [-0.05, 0) is 36.8 Å². The number of rotatable bonds is 6. The topological polar surface area (TPSA) is 33.5 Å². The Kier molecular flexibility index (Phi) is 5.52. The summed E-state index contributed by atoms with van der Waals surface area (Å²) in [5, 5.41) is 0. The fourth-order valence-corrected chi connectivity index (χ4v) is 2.79. The third-order valence-electron chi connectivity index (χ3n) is 4.35. The fourth-order valence-electron chi connectivity index (χ4n) is 2.79. The zero-order valence-corrected chi connectivity index (χ0v) is 15.0. The van der Waals surface area contributed by atoms with Crippen LogP contribution < -0.4 is 0 Å². The number of nitrogens with zero attached hydrogens (tertiary/aromatic N) is 1. The van der Waals surface area contributed by atoms with Crippen LogP contribution in [-0.4, -0.2) is 17.9 Å². The van der Waals surface area contributed by atoms with Crippen LogP contribution in [0.3, 0.4) is 0 Å². The van der Waals surface area contributed by atoms with E-state index < -0.39 is 0 Å². The molecule has 3 rings (SSSR count). The number of hydrogen-bond donors (Lipinski definition) is 0. The Morgan fingerprint density at radius 1 is 1.04 bits per heavy atom. The van der Waals surface area contributed by atoms with E-state index in [1.165, 1.54) is 11.6 Å². The summed E-state index contributed by atoms with van der Waals surface area (Å²) in [6.45, 7) is 2.62. The van der Waals surface area contributed by atoms with Crippen LogP contribution in [0.25, 0.3) is 11.3 Å². The molecule has 0 radical (unpaired) electrons. The van der Waals surface area contributed by atoms with Crippen LogP contribution in [0.2, 0.25) is 0 Å². The molecule has 0 aliphatic carbocycles. The van der Waals surface area contributed by atoms with E-state index in [2.05, 4.69) is 0 Å². The first kappa shape index (κ1) is 17.9. The van der Waals surface area contributed by atoms with Gasteiger partial charge in [0.05, 0.1) is 5.56 Å². The van der Waals surface area contributed by atoms with Gasteiger partial charge in [-0.3, -0.25) is 4.79 Å². The average molecular weight is 351 g/mol. The maximum absolute atomic E-state index is 13.8. The van der Waals surface area contributed by atoms with Gasteiger partial charge in [0.1, 0.15) is 17.3 Å². The summed E-state index contributed by atoms with van der Waals surface area (Å²) in [6, 6.07) is 18.2. The van der Waals surface area contributed by atoms with Crippen molar-refractivity contribution in [3.8, 4) is 11.3 Å². The number of furan rings is 1. The van der Waals surface area contributed by atoms with E-state index in [9.17, 15) is 9.18 Å². The molecule has 0 fully saturated rings. The van der Waals surface area contributed by atoms with Crippen molar-refractivity contribution in [2.75, 3.05) is 7.05 Å². The fraction of sp³-hybridized carbons (Fsp3) is 0.227. The van der Waals surface area contributed by atoms with Gasteiger partial charge in [-0.15, -0.1) is 0 Å². The summed E-state index contributed by atoms with van der Waals surface area (Å²) in [6.07, 6.45) is 0.845. The second-order valence-electron chi connectivity index (χ2n) is 6.48. The van der Waals surface area contributed by atoms with E-state index in [-0.39, 0.29) is 11.7 Å². The molecular weight excluding hydrogens is 329 g/mol. The third-order valence-corrected chi connectivity index (χ3v) is 4.35. The van der Waals surface area contributed by atoms with Crippen molar-refractivity contribution in [3.05, 3.63) is 83.4 Å². The second-order valence-corrected chi connectivity index (χ2v) is 6.48. The highest BCUT2D eigenvalue weighted by Crippen LogP contribution is 2.25. The smallest absolute Gasteiger partial charge is 0.223 e. The van der Waals surface area contributed by atoms with E-state index in [1.54, 1.807) is 42.3 Å². The first-order valence-electron chi connectivity index (χ1n) is 8.66. The minimum absolute atomic E-state index is 0.0504. The number of carbonyl (C=O) groups is 1. The number of hydrogen-bond acceptors (Lipinski definition) is 2. The van der Waals surface area contributed by atoms with E-state index >= 15 is 0 Å². The first-order chi connectivity index (χ1) is 12.5. The lowest BCUT2D eigenvalue weighted by Crippen LogP contribution is -2.26. The summed E-state index contributed by atoms with van der Waals surface area (Å²) in [5.74, 6) is 0.899. The Morgan fingerprint density at radius 3 is 2.50 bits per heavy atom. The molecule has 2 aromatic carbocycles. The van der Waals surface area contributed by atoms with Gasteiger partial charge in [0.2, 0.25) is 5.91 Å². The lowest BCUT2D eigenvalue weighted by atomic mass is 10.1. The molecule has 3 nitrogen and oxygen atoms in total. The number of amides is 1. The predicted molar refractivity (Wildman–Crippen MR) is 100 cm³/mol. The quantitative estimate of drug-likeness (QED) is 0.627. The molecule has 134 valence electrons. The van der Waals surface area contributed by atoms with Crippen molar-refractivity contribution in [3.63, 3.8) is 0 Å². The summed E-state index contributed by atoms with van der Waals surface area (Å²) >= 11 is 0. The van der Waals surface area contributed by atoms with E-state index in [0.717, 1.165) is 5.56 Å². The summed E-state index contributed by atoms with van der Waals surface area (Å²) < 4.78 is 19.5. The lowest BCUT2D eigenvalue weighted by molar-refractivity contribution is -0.130. The van der Waals surface area contributed by atoms with Crippen molar-refractivity contribution < 1.29 is 13.6 Å². The molecule has 0 atom stereocenters. The van der Waals surface area contributed by atoms with Gasteiger partial charge in [0, 0.05) is 26.4 Å². The molecule has 3 aromatic rings. The van der Waals surface area contributed by atoms with E-state index in [4.69, 9.17) is 4.42 Å². The zero-order valence-electron chi connectivity index (χ0n) is 15.0. The molecule has 0 spiro atoms. The number of benzene rings is 2. The Hall–Kier alpha value is -2.88. The Labute approximate surface area is 153 Å². The Balaban J connectivity index is 1.56. The van der Waals surface area contributed by atoms with Crippen molar-refractivity contribution in [2.24, 2.45) is 0 Å². The maximum atomic E-state index is 13.8. The SMILES string of the molecule is Cc1ccc(CN(C)C(=O)CCc2ccc(-c3ccccc3F)o2)cc1. The monoisotopic (exact) mass is 351 g/mol. The molecule has 0 saturated carbocycles. The molecule has 0 unspecified atom stereocenters. The molecule has 1 amide bonds. The van der Waals surface area contributed by atoms with Crippen molar-refractivity contribution in [2.45, 2.75) is 26.3 Å². The third kappa shape index (κ3) is 4.39. The van der Waals surface area contributed by atoms with E-state index in [1.807, 2.05) is 31.2 Å². The lowest BCUT2D eigenvalue weighted by Gasteiger charge is -2.17. The maximum Gasteiger partial charge on any atom is 0.223 e. The van der Waals surface area contributed by atoms with Crippen molar-refractivity contribution in [1.82, 2.24) is 4.90 Å². The van der Waals surface area contributed by atoms with Crippen LogP contribution in [-0.2, 0) is 17.8 Å². The highest BCUT2D eigenvalue weighted by atomic mass is 19.1. The van der Waals surface area contributed by atoms with Crippen LogP contribution >= 0.6 is 0 Å². The summed E-state index contributed by atoms with van der Waals surface area (Å²) in [4.78, 5) is 14.1. The van der Waals surface area contributed by atoms with Gasteiger partial charge >= 0.3 is 0 Å². The second kappa shape index (κ2) is 8.00. The number of halogens is 1. The minimum Gasteiger partial charge on any atom is -0.461 e. The van der Waals surface area contributed by atoms with Gasteiger partial charge in [-0.25, -0.2) is 4.39 Å². The zero-order chi connectivity index (χ0) is 18.5. The van der Waals surface area contributed by atoms with Crippen molar-refractivity contribution >= 4 is 5.91 Å². The van der Waals surface area contributed by atoms with Crippen molar-refractivity contribution in [1.29, 1.82) is 0 Å². The van der Waals surface area contributed by atoms with Gasteiger partial charge in [-0.2, -0.15) is 0 Å². The van der Waals surface area contributed by atoms with Crippen LogP contribution in [0.1, 0.15) is 23.3 Å². The molecule has 0 aliphatic rings. The predicted octanol–water partition coefficient (Wildman–Crippen LogP) is 4.99. The largest absolute Gasteiger partial charge is 0.461 e. The molecule has 26 heavy (non-hydrogen) atoms. The highest BCUT2D eigenvalue weighted by Gasteiger charge is 2.13. The molecule has 4 heteroatoms. The molecular formula is C22H22FNO2. The molecule has 0 bridgehead atoms. The minimum atomic E-state index is -0.317. The standard InChI is InChI=1S/C22H22FNO2/c1-16-7-9-17(10-8-16)15-24(2)22(25)14-12-18-11-13-21(26-18)19-5-3-4-6-20(19)23/h3-11,13H,12,14-15H2,1-2H3. The van der Waals surface area contributed by atoms with Gasteiger partial charge in [0.25, 0.3) is 0 Å². The average Bonchev–Trinajstić information content (AvgIpc) is 3.10. The van der Waals surface area contributed by atoms with Crippen LogP contribution in [0, 0.1) is 12.7 Å². The Bertz CT molecular complexity index is 883. The molecule has 1 heterocycles. The number of aryl methyl sites for hydroxylation is 2. The number of carbonyl (C=O) groups excluding carboxylic acids is 1. The molecule has 0 aliphatic heterocycles. The highest BCUT2D eigenvalue weighted by molar-refractivity contribution is 5.76. The first-order valence-corrected chi connectivity index (χ1v) is 8.66. The Morgan fingerprint density at radius 2 is 1.77 bits per heavy atom. The summed E-state index contributed by atoms with van der Waals surface area (Å²) in [5.41, 5.74) is 2.74. The van der Waals surface area contributed by atoms with Crippen LogP contribution in [0.5, 0.6) is 0 Å². The van der Waals surface area contributed by atoms with Gasteiger partial charge < -0.3 is 9.32 Å². The molecule has 1 aromatic heterocycles. The van der Waals surface area contributed by atoms with Crippen LogP contribution in [0.15, 0.2) is 65.1 Å². The molecule has 0 saturated heterocycles. The van der Waals surface area contributed by atoms with Gasteiger partial charge in [0.15, 0.2) is 0 Å². The van der Waals surface area contributed by atoms with E-state index in [0.29, 0.717) is 36.5 Å². The van der Waals surface area contributed by atoms with Gasteiger partial charge in [-0.1, -0.05) is 42.0 Å². The van der Waals surface area contributed by atoms with Crippen LogP contribution in [0.4, 0.5) is 4.39 Å². The summed E-state index contributed by atoms with van der Waals surface area (Å²) in [7, 11) is 1.80. The molecule has 0 N–H and O–H groups in total.